The second kappa shape index (κ2) is 8.67. The third kappa shape index (κ3) is 6.66. The molecule has 0 bridgehead atoms. The number of quaternary nitrogens is 1. The van der Waals surface area contributed by atoms with Crippen LogP contribution in [0.3, 0.4) is 0 Å². The van der Waals surface area contributed by atoms with E-state index in [0.29, 0.717) is 12.1 Å². The number of nitro benzene ring substituents is 3. The fourth-order valence-corrected chi connectivity index (χ4v) is 2.09. The van der Waals surface area contributed by atoms with Gasteiger partial charge in [0.15, 0.2) is 0 Å². The zero-order chi connectivity index (χ0) is 20.8. The maximum atomic E-state index is 11.1. The summed E-state index contributed by atoms with van der Waals surface area (Å²) in [6, 6.07) is 11.3. The van der Waals surface area contributed by atoms with Gasteiger partial charge in [-0.15, -0.1) is 0 Å². The molecule has 0 saturated heterocycles. The van der Waals surface area contributed by atoms with Gasteiger partial charge in [-0.3, -0.25) is 30.3 Å². The minimum atomic E-state index is -1.46. The monoisotopic (exact) mass is 378 g/mol. The van der Waals surface area contributed by atoms with Gasteiger partial charge in [0.1, 0.15) is 6.54 Å². The molecule has 0 atom stereocenters. The molecule has 0 amide bonds. The van der Waals surface area contributed by atoms with E-state index in [9.17, 15) is 35.4 Å². The molecule has 0 aliphatic carbocycles. The van der Waals surface area contributed by atoms with Crippen molar-refractivity contribution in [2.75, 3.05) is 21.1 Å². The van der Waals surface area contributed by atoms with Crippen LogP contribution in [0, 0.1) is 30.3 Å². The van der Waals surface area contributed by atoms with Gasteiger partial charge in [0.25, 0.3) is 17.1 Å². The molecule has 0 aliphatic rings. The van der Waals surface area contributed by atoms with E-state index in [1.165, 1.54) is 5.56 Å². The summed E-state index contributed by atoms with van der Waals surface area (Å²) in [5.41, 5.74) is -1.86. The van der Waals surface area contributed by atoms with Crippen molar-refractivity contribution in [3.05, 3.63) is 78.4 Å². The first-order chi connectivity index (χ1) is 12.4. The zero-order valence-corrected chi connectivity index (χ0v) is 14.9. The molecule has 11 nitrogen and oxygen atoms in total. The topological polar surface area (TPSA) is 152 Å². The molecule has 0 radical (unpaired) electrons. The quantitative estimate of drug-likeness (QED) is 0.440. The van der Waals surface area contributed by atoms with Crippen LogP contribution in [0.4, 0.5) is 17.1 Å². The van der Waals surface area contributed by atoms with E-state index >= 15 is 0 Å². The molecular formula is C16H18N4O7. The summed E-state index contributed by atoms with van der Waals surface area (Å²) in [4.78, 5) is 27.5. The fraction of sp³-hybridized carbons (Fsp3) is 0.250. The molecule has 0 aromatic heterocycles. The van der Waals surface area contributed by atoms with E-state index in [1.807, 2.05) is 0 Å². The molecule has 0 spiro atoms. The molecule has 144 valence electrons. The Morgan fingerprint density at radius 2 is 1.26 bits per heavy atom. The van der Waals surface area contributed by atoms with Gasteiger partial charge in [-0.05, 0) is 0 Å². The first-order valence-electron chi connectivity index (χ1n) is 7.55. The van der Waals surface area contributed by atoms with Crippen LogP contribution in [0.1, 0.15) is 5.56 Å². The third-order valence-electron chi connectivity index (χ3n) is 3.14. The van der Waals surface area contributed by atoms with Crippen molar-refractivity contribution in [2.45, 2.75) is 6.54 Å². The Morgan fingerprint density at radius 1 is 0.815 bits per heavy atom. The molecule has 2 rings (SSSR count). The Kier molecular flexibility index (Phi) is 6.88. The number of nitrogens with zero attached hydrogens (tertiary/aromatic N) is 4. The van der Waals surface area contributed by atoms with Gasteiger partial charge in [0.05, 0.1) is 53.8 Å². The highest BCUT2D eigenvalue weighted by atomic mass is 16.6. The van der Waals surface area contributed by atoms with Gasteiger partial charge in [-0.2, -0.15) is 0 Å². The Balaban J connectivity index is 0.000000289. The molecule has 0 aliphatic heterocycles. The summed E-state index contributed by atoms with van der Waals surface area (Å²) >= 11 is 0. The summed E-state index contributed by atoms with van der Waals surface area (Å²) in [5.74, 6) is -1.46. The average molecular weight is 378 g/mol. The lowest BCUT2D eigenvalue weighted by molar-refractivity contribution is -0.884. The highest BCUT2D eigenvalue weighted by molar-refractivity contribution is 5.63. The van der Waals surface area contributed by atoms with E-state index in [0.717, 1.165) is 11.0 Å². The van der Waals surface area contributed by atoms with Crippen LogP contribution in [0.5, 0.6) is 5.75 Å². The summed E-state index contributed by atoms with van der Waals surface area (Å²) in [5, 5.41) is 42.1. The van der Waals surface area contributed by atoms with Crippen LogP contribution < -0.4 is 5.11 Å². The van der Waals surface area contributed by atoms with E-state index < -0.39 is 37.6 Å². The Hall–Kier alpha value is -3.60. The maximum absolute atomic E-state index is 11.1. The van der Waals surface area contributed by atoms with Crippen molar-refractivity contribution in [2.24, 2.45) is 0 Å². The van der Waals surface area contributed by atoms with Crippen molar-refractivity contribution < 1.29 is 24.4 Å². The molecule has 11 heteroatoms. The van der Waals surface area contributed by atoms with Gasteiger partial charge in [-0.25, -0.2) is 0 Å². The summed E-state index contributed by atoms with van der Waals surface area (Å²) in [6.07, 6.45) is 0. The minimum absolute atomic E-state index is 0.384. The first-order valence-corrected chi connectivity index (χ1v) is 7.55. The molecule has 0 unspecified atom stereocenters. The van der Waals surface area contributed by atoms with E-state index in [4.69, 9.17) is 0 Å². The van der Waals surface area contributed by atoms with Gasteiger partial charge in [0.2, 0.25) is 0 Å². The zero-order valence-electron chi connectivity index (χ0n) is 14.9. The predicted octanol–water partition coefficient (Wildman–Crippen LogP) is 2.38. The van der Waals surface area contributed by atoms with E-state index in [1.54, 1.807) is 0 Å². The largest absolute Gasteiger partial charge is 0.863 e. The SMILES string of the molecule is C[N+](C)(C)Cc1ccccc1.O=[N+]([O-])c1cc([N+](=O)[O-])c([O-])c([N+](=O)[O-])c1. The van der Waals surface area contributed by atoms with Crippen LogP contribution in [0.2, 0.25) is 0 Å². The first kappa shape index (κ1) is 21.4. The van der Waals surface area contributed by atoms with Crippen LogP contribution in [0.15, 0.2) is 42.5 Å². The second-order valence-corrected chi connectivity index (χ2v) is 6.52. The van der Waals surface area contributed by atoms with Crippen molar-refractivity contribution in [1.82, 2.24) is 0 Å². The van der Waals surface area contributed by atoms with Crippen molar-refractivity contribution in [3.8, 4) is 5.75 Å². The number of hydrogen-bond donors (Lipinski definition) is 0. The number of rotatable bonds is 5. The van der Waals surface area contributed by atoms with Crippen LogP contribution in [-0.4, -0.2) is 40.4 Å². The number of benzene rings is 2. The molecule has 2 aromatic carbocycles. The smallest absolute Gasteiger partial charge is 0.283 e. The van der Waals surface area contributed by atoms with Crippen molar-refractivity contribution in [3.63, 3.8) is 0 Å². The lowest BCUT2D eigenvalue weighted by atomic mass is 10.2. The van der Waals surface area contributed by atoms with Gasteiger partial charge < -0.3 is 9.59 Å². The summed E-state index contributed by atoms with van der Waals surface area (Å²) in [7, 11) is 6.60. The number of nitro groups is 3. The van der Waals surface area contributed by atoms with E-state index in [-0.39, 0.29) is 0 Å². The predicted molar refractivity (Wildman–Crippen MR) is 94.0 cm³/mol. The van der Waals surface area contributed by atoms with E-state index in [2.05, 4.69) is 51.5 Å². The highest BCUT2D eigenvalue weighted by Gasteiger charge is 2.24. The highest BCUT2D eigenvalue weighted by Crippen LogP contribution is 2.36. The van der Waals surface area contributed by atoms with Gasteiger partial charge >= 0.3 is 0 Å². The molecule has 0 saturated carbocycles. The standard InChI is InChI=1S/C10H16N.C6H3N3O7/c1-11(2,3)9-10-7-5-4-6-8-10;10-6-4(8(13)14)1-3(7(11)12)2-5(6)9(15)16/h4-8H,9H2,1-3H3;1-2,10H/q+1;/p-1. The van der Waals surface area contributed by atoms with Crippen molar-refractivity contribution >= 4 is 17.1 Å². The maximum Gasteiger partial charge on any atom is 0.283 e. The molecular weight excluding hydrogens is 360 g/mol. The number of non-ortho nitro benzene ring substituents is 1. The summed E-state index contributed by atoms with van der Waals surface area (Å²) < 4.78 is 0.990. The third-order valence-corrected chi connectivity index (χ3v) is 3.14. The number of hydrogen-bond acceptors (Lipinski definition) is 7. The Labute approximate surface area is 154 Å². The van der Waals surface area contributed by atoms with Gasteiger partial charge in [0, 0.05) is 5.56 Å². The minimum Gasteiger partial charge on any atom is -0.863 e. The van der Waals surface area contributed by atoms with Crippen LogP contribution in [-0.2, 0) is 6.54 Å². The molecule has 27 heavy (non-hydrogen) atoms. The molecule has 2 aromatic rings. The molecule has 0 N–H and O–H groups in total. The Morgan fingerprint density at radius 3 is 1.59 bits per heavy atom. The van der Waals surface area contributed by atoms with Crippen LogP contribution in [0.25, 0.3) is 0 Å². The lowest BCUT2D eigenvalue weighted by Gasteiger charge is -2.23. The Bertz CT molecular complexity index is 813. The lowest BCUT2D eigenvalue weighted by Crippen LogP contribution is -2.33. The van der Waals surface area contributed by atoms with Crippen molar-refractivity contribution in [1.29, 1.82) is 0 Å². The average Bonchev–Trinajstić information content (AvgIpc) is 2.54. The molecule has 0 heterocycles. The summed E-state index contributed by atoms with van der Waals surface area (Å²) in [6.45, 7) is 1.10. The van der Waals surface area contributed by atoms with Crippen LogP contribution >= 0.6 is 0 Å². The van der Waals surface area contributed by atoms with Gasteiger partial charge in [-0.1, -0.05) is 30.3 Å². The normalized spacial score (nSPS) is 10.5. The fourth-order valence-electron chi connectivity index (χ4n) is 2.09. The molecule has 0 fully saturated rings. The second-order valence-electron chi connectivity index (χ2n) is 6.52.